The Labute approximate surface area is 119 Å². The van der Waals surface area contributed by atoms with Crippen molar-refractivity contribution in [1.29, 1.82) is 0 Å². The Morgan fingerprint density at radius 2 is 2.21 bits per heavy atom. The van der Waals surface area contributed by atoms with Gasteiger partial charge in [0.1, 0.15) is 0 Å². The van der Waals surface area contributed by atoms with Crippen LogP contribution in [-0.4, -0.2) is 31.1 Å². The van der Waals surface area contributed by atoms with Crippen molar-refractivity contribution in [2.75, 3.05) is 30.9 Å². The summed E-state index contributed by atoms with van der Waals surface area (Å²) in [6.45, 7) is 3.04. The van der Waals surface area contributed by atoms with Gasteiger partial charge in [0.15, 0.2) is 5.75 Å². The molecule has 0 aliphatic heterocycles. The first-order valence-electron chi connectivity index (χ1n) is 6.49. The van der Waals surface area contributed by atoms with Crippen molar-refractivity contribution in [2.45, 2.75) is 19.8 Å². The van der Waals surface area contributed by atoms with Crippen LogP contribution >= 0.6 is 11.8 Å². The van der Waals surface area contributed by atoms with Crippen LogP contribution in [0.15, 0.2) is 18.2 Å². The maximum absolute atomic E-state index is 12.1. The fraction of sp³-hybridized carbons (Fsp3) is 0.500. The lowest BCUT2D eigenvalue weighted by molar-refractivity contribution is 0.0949. The van der Waals surface area contributed by atoms with Gasteiger partial charge in [-0.1, -0.05) is 6.07 Å². The van der Waals surface area contributed by atoms with E-state index in [0.717, 1.165) is 18.6 Å². The van der Waals surface area contributed by atoms with Crippen molar-refractivity contribution >= 4 is 23.4 Å². The summed E-state index contributed by atoms with van der Waals surface area (Å²) in [5.74, 6) is 1.48. The van der Waals surface area contributed by atoms with Gasteiger partial charge in [0.2, 0.25) is 0 Å². The SMILES string of the molecule is CCOc1c(N)cccc1C(=O)NCCCCSC. The first-order valence-corrected chi connectivity index (χ1v) is 7.88. The average molecular weight is 282 g/mol. The lowest BCUT2D eigenvalue weighted by Gasteiger charge is -2.12. The second-order valence-corrected chi connectivity index (χ2v) is 5.10. The van der Waals surface area contributed by atoms with Crippen LogP contribution in [0.4, 0.5) is 5.69 Å². The maximum atomic E-state index is 12.1. The van der Waals surface area contributed by atoms with Gasteiger partial charge in [0.05, 0.1) is 17.9 Å². The van der Waals surface area contributed by atoms with E-state index in [2.05, 4.69) is 11.6 Å². The number of carbonyl (C=O) groups excluding carboxylic acids is 1. The predicted molar refractivity (Wildman–Crippen MR) is 82.0 cm³/mol. The molecule has 1 aromatic carbocycles. The highest BCUT2D eigenvalue weighted by Crippen LogP contribution is 2.26. The lowest BCUT2D eigenvalue weighted by Crippen LogP contribution is -2.25. The molecular weight excluding hydrogens is 260 g/mol. The highest BCUT2D eigenvalue weighted by Gasteiger charge is 2.14. The molecule has 1 aromatic rings. The molecule has 0 radical (unpaired) electrons. The number of anilines is 1. The van der Waals surface area contributed by atoms with E-state index < -0.39 is 0 Å². The summed E-state index contributed by atoms with van der Waals surface area (Å²) in [5, 5.41) is 2.90. The van der Waals surface area contributed by atoms with E-state index in [1.807, 2.05) is 18.7 Å². The number of benzene rings is 1. The Balaban J connectivity index is 2.58. The summed E-state index contributed by atoms with van der Waals surface area (Å²) in [4.78, 5) is 12.1. The van der Waals surface area contributed by atoms with Crippen LogP contribution in [0.5, 0.6) is 5.75 Å². The molecule has 0 aliphatic rings. The first-order chi connectivity index (χ1) is 9.20. The van der Waals surface area contributed by atoms with Crippen LogP contribution in [0.25, 0.3) is 0 Å². The molecule has 0 fully saturated rings. The zero-order valence-corrected chi connectivity index (χ0v) is 12.4. The van der Waals surface area contributed by atoms with Crippen LogP contribution in [0.2, 0.25) is 0 Å². The van der Waals surface area contributed by atoms with Crippen LogP contribution in [-0.2, 0) is 0 Å². The largest absolute Gasteiger partial charge is 0.491 e. The molecule has 19 heavy (non-hydrogen) atoms. The van der Waals surface area contributed by atoms with Crippen LogP contribution in [0.3, 0.4) is 0 Å². The summed E-state index contributed by atoms with van der Waals surface area (Å²) in [7, 11) is 0. The van der Waals surface area contributed by atoms with E-state index in [0.29, 0.717) is 30.2 Å². The zero-order chi connectivity index (χ0) is 14.1. The highest BCUT2D eigenvalue weighted by molar-refractivity contribution is 7.98. The van der Waals surface area contributed by atoms with E-state index in [4.69, 9.17) is 10.5 Å². The molecule has 0 atom stereocenters. The Morgan fingerprint density at radius 3 is 2.89 bits per heavy atom. The first kappa shape index (κ1) is 15.7. The van der Waals surface area contributed by atoms with Crippen molar-refractivity contribution < 1.29 is 9.53 Å². The summed E-state index contributed by atoms with van der Waals surface area (Å²) in [6, 6.07) is 5.24. The number of nitrogens with two attached hydrogens (primary N) is 1. The Bertz CT molecular complexity index is 410. The zero-order valence-electron chi connectivity index (χ0n) is 11.6. The number of hydrogen-bond donors (Lipinski definition) is 2. The smallest absolute Gasteiger partial charge is 0.255 e. The summed E-state index contributed by atoms with van der Waals surface area (Å²) in [6.07, 6.45) is 4.18. The summed E-state index contributed by atoms with van der Waals surface area (Å²) in [5.41, 5.74) is 6.84. The number of amides is 1. The van der Waals surface area contributed by atoms with Gasteiger partial charge in [-0.3, -0.25) is 4.79 Å². The number of ether oxygens (including phenoxy) is 1. The molecule has 0 unspecified atom stereocenters. The molecule has 1 rings (SSSR count). The molecule has 4 nitrogen and oxygen atoms in total. The second-order valence-electron chi connectivity index (χ2n) is 4.11. The fourth-order valence-corrected chi connectivity index (χ4v) is 2.20. The Morgan fingerprint density at radius 1 is 1.42 bits per heavy atom. The molecule has 0 bridgehead atoms. The molecule has 0 aromatic heterocycles. The van der Waals surface area contributed by atoms with Gasteiger partial charge in [0, 0.05) is 6.54 Å². The van der Waals surface area contributed by atoms with E-state index in [-0.39, 0.29) is 5.91 Å². The van der Waals surface area contributed by atoms with Gasteiger partial charge in [0.25, 0.3) is 5.91 Å². The van der Waals surface area contributed by atoms with Gasteiger partial charge < -0.3 is 15.8 Å². The standard InChI is InChI=1S/C14H22N2O2S/c1-3-18-13-11(7-6-8-12(13)15)14(17)16-9-4-5-10-19-2/h6-8H,3-5,9-10,15H2,1-2H3,(H,16,17). The molecule has 106 valence electrons. The number of carbonyl (C=O) groups is 1. The van der Waals surface area contributed by atoms with Crippen molar-refractivity contribution in [3.8, 4) is 5.75 Å². The summed E-state index contributed by atoms with van der Waals surface area (Å²) >= 11 is 1.82. The van der Waals surface area contributed by atoms with Crippen LogP contribution in [0, 0.1) is 0 Å². The van der Waals surface area contributed by atoms with E-state index in [1.165, 1.54) is 0 Å². The van der Waals surface area contributed by atoms with Crippen molar-refractivity contribution in [2.24, 2.45) is 0 Å². The predicted octanol–water partition coefficient (Wildman–Crippen LogP) is 2.54. The highest BCUT2D eigenvalue weighted by atomic mass is 32.2. The maximum Gasteiger partial charge on any atom is 0.255 e. The molecule has 0 saturated carbocycles. The fourth-order valence-electron chi connectivity index (χ4n) is 1.71. The molecule has 0 aliphatic carbocycles. The van der Waals surface area contributed by atoms with Crippen molar-refractivity contribution in [3.05, 3.63) is 23.8 Å². The third-order valence-corrected chi connectivity index (χ3v) is 3.34. The third kappa shape index (κ3) is 5.03. The van der Waals surface area contributed by atoms with Gasteiger partial charge in [-0.25, -0.2) is 0 Å². The monoisotopic (exact) mass is 282 g/mol. The molecular formula is C14H22N2O2S. The second kappa shape index (κ2) is 8.69. The van der Waals surface area contributed by atoms with E-state index in [9.17, 15) is 4.79 Å². The number of thioether (sulfide) groups is 1. The van der Waals surface area contributed by atoms with E-state index >= 15 is 0 Å². The van der Waals surface area contributed by atoms with Crippen molar-refractivity contribution in [3.63, 3.8) is 0 Å². The number of nitrogens with one attached hydrogen (secondary N) is 1. The molecule has 0 spiro atoms. The molecule has 5 heteroatoms. The van der Waals surface area contributed by atoms with Gasteiger partial charge >= 0.3 is 0 Å². The Hall–Kier alpha value is -1.36. The quantitative estimate of drug-likeness (QED) is 0.568. The lowest BCUT2D eigenvalue weighted by atomic mass is 10.1. The minimum absolute atomic E-state index is 0.125. The molecule has 0 saturated heterocycles. The van der Waals surface area contributed by atoms with Gasteiger partial charge in [-0.2, -0.15) is 11.8 Å². The number of rotatable bonds is 8. The molecule has 3 N–H and O–H groups in total. The van der Waals surface area contributed by atoms with Gasteiger partial charge in [-0.15, -0.1) is 0 Å². The minimum atomic E-state index is -0.125. The minimum Gasteiger partial charge on any atom is -0.491 e. The normalized spacial score (nSPS) is 10.2. The van der Waals surface area contributed by atoms with Crippen LogP contribution in [0.1, 0.15) is 30.1 Å². The summed E-state index contributed by atoms with van der Waals surface area (Å²) < 4.78 is 5.44. The van der Waals surface area contributed by atoms with Gasteiger partial charge in [-0.05, 0) is 43.9 Å². The van der Waals surface area contributed by atoms with Crippen molar-refractivity contribution in [1.82, 2.24) is 5.32 Å². The number of unbranched alkanes of at least 4 members (excludes halogenated alkanes) is 1. The average Bonchev–Trinajstić information content (AvgIpc) is 2.41. The topological polar surface area (TPSA) is 64.3 Å². The third-order valence-electron chi connectivity index (χ3n) is 2.64. The number of hydrogen-bond acceptors (Lipinski definition) is 4. The Kier molecular flexibility index (Phi) is 7.18. The van der Waals surface area contributed by atoms with Crippen LogP contribution < -0.4 is 15.8 Å². The number of nitrogen functional groups attached to an aromatic ring is 1. The molecule has 0 heterocycles. The number of para-hydroxylation sites is 1. The molecule has 1 amide bonds. The van der Waals surface area contributed by atoms with E-state index in [1.54, 1.807) is 18.2 Å².